The fourth-order valence-corrected chi connectivity index (χ4v) is 0.974. The summed E-state index contributed by atoms with van der Waals surface area (Å²) in [6, 6.07) is 8.56. The summed E-state index contributed by atoms with van der Waals surface area (Å²) >= 11 is 0. The van der Waals surface area contributed by atoms with Gasteiger partial charge in [0.2, 0.25) is 5.91 Å². The lowest BCUT2D eigenvalue weighted by Gasteiger charge is -2.06. The normalized spacial score (nSPS) is 11.5. The summed E-state index contributed by atoms with van der Waals surface area (Å²) in [5, 5.41) is 8.54. The fourth-order valence-electron chi connectivity index (χ4n) is 0.974. The van der Waals surface area contributed by atoms with Crippen molar-refractivity contribution in [2.75, 3.05) is 6.61 Å². The van der Waals surface area contributed by atoms with Gasteiger partial charge in [-0.25, -0.2) is 0 Å². The number of amides is 1. The van der Waals surface area contributed by atoms with Crippen LogP contribution in [0.15, 0.2) is 24.3 Å². The van der Waals surface area contributed by atoms with Crippen molar-refractivity contribution in [1.29, 1.82) is 5.26 Å². The topological polar surface area (TPSA) is 76.1 Å². The van der Waals surface area contributed by atoms with Crippen LogP contribution in [0.4, 0.5) is 0 Å². The first-order chi connectivity index (χ1) is 7.13. The molecule has 1 atom stereocenters. The summed E-state index contributed by atoms with van der Waals surface area (Å²) < 4.78 is 5.32. The Labute approximate surface area is 88.3 Å². The number of carbonyl (C=O) groups excluding carboxylic acids is 1. The van der Waals surface area contributed by atoms with Gasteiger partial charge in [-0.3, -0.25) is 4.79 Å². The molecule has 4 heteroatoms. The number of carbonyl (C=O) groups is 1. The Morgan fingerprint density at radius 1 is 1.53 bits per heavy atom. The number of ether oxygens (including phenoxy) is 1. The number of hydrogen-bond donors (Lipinski definition) is 1. The van der Waals surface area contributed by atoms with Gasteiger partial charge in [-0.1, -0.05) is 0 Å². The van der Waals surface area contributed by atoms with Gasteiger partial charge >= 0.3 is 0 Å². The van der Waals surface area contributed by atoms with E-state index in [9.17, 15) is 4.79 Å². The van der Waals surface area contributed by atoms with Crippen LogP contribution in [0.25, 0.3) is 0 Å². The maximum absolute atomic E-state index is 10.8. The Bertz CT molecular complexity index is 379. The molecule has 0 bridgehead atoms. The second-order valence-electron chi connectivity index (χ2n) is 3.23. The molecule has 0 spiro atoms. The number of benzene rings is 1. The molecular formula is C11H12N2O2. The van der Waals surface area contributed by atoms with Crippen LogP contribution >= 0.6 is 0 Å². The minimum atomic E-state index is -0.466. The van der Waals surface area contributed by atoms with Gasteiger partial charge in [-0.15, -0.1) is 0 Å². The van der Waals surface area contributed by atoms with Crippen molar-refractivity contribution in [3.63, 3.8) is 0 Å². The molecule has 1 aromatic carbocycles. The van der Waals surface area contributed by atoms with Crippen molar-refractivity contribution in [3.05, 3.63) is 29.8 Å². The molecule has 4 nitrogen and oxygen atoms in total. The summed E-state index contributed by atoms with van der Waals surface area (Å²) in [6.07, 6.45) is 0. The van der Waals surface area contributed by atoms with Crippen LogP contribution in [-0.4, -0.2) is 12.5 Å². The van der Waals surface area contributed by atoms with E-state index in [1.165, 1.54) is 0 Å². The Morgan fingerprint density at radius 2 is 2.13 bits per heavy atom. The predicted octanol–water partition coefficient (Wildman–Crippen LogP) is 1.32. The first-order valence-electron chi connectivity index (χ1n) is 4.55. The van der Waals surface area contributed by atoms with Crippen molar-refractivity contribution in [1.82, 2.24) is 0 Å². The van der Waals surface area contributed by atoms with E-state index < -0.39 is 5.91 Å². The van der Waals surface area contributed by atoms with Gasteiger partial charge in [0.15, 0.2) is 0 Å². The van der Waals surface area contributed by atoms with Crippen molar-refractivity contribution < 1.29 is 9.53 Å². The lowest BCUT2D eigenvalue weighted by molar-refractivity contribution is 0.100. The summed E-state index contributed by atoms with van der Waals surface area (Å²) in [4.78, 5) is 10.8. The molecule has 0 fully saturated rings. The van der Waals surface area contributed by atoms with E-state index in [2.05, 4.69) is 6.07 Å². The summed E-state index contributed by atoms with van der Waals surface area (Å²) in [7, 11) is 0. The smallest absolute Gasteiger partial charge is 0.248 e. The third-order valence-electron chi connectivity index (χ3n) is 1.86. The number of primary amides is 1. The Kier molecular flexibility index (Phi) is 3.69. The highest BCUT2D eigenvalue weighted by atomic mass is 16.5. The van der Waals surface area contributed by atoms with Gasteiger partial charge in [0, 0.05) is 5.56 Å². The molecule has 1 rings (SSSR count). The first-order valence-corrected chi connectivity index (χ1v) is 4.55. The Morgan fingerprint density at radius 3 is 2.60 bits per heavy atom. The van der Waals surface area contributed by atoms with Gasteiger partial charge in [-0.2, -0.15) is 5.26 Å². The maximum atomic E-state index is 10.8. The molecule has 0 aliphatic carbocycles. The van der Waals surface area contributed by atoms with E-state index in [0.29, 0.717) is 17.9 Å². The quantitative estimate of drug-likeness (QED) is 0.803. The van der Waals surface area contributed by atoms with Gasteiger partial charge < -0.3 is 10.5 Å². The Hall–Kier alpha value is -2.02. The molecule has 1 unspecified atom stereocenters. The first kappa shape index (κ1) is 11.1. The molecule has 2 N–H and O–H groups in total. The second-order valence-corrected chi connectivity index (χ2v) is 3.23. The molecule has 78 valence electrons. The predicted molar refractivity (Wildman–Crippen MR) is 55.2 cm³/mol. The van der Waals surface area contributed by atoms with Crippen LogP contribution in [-0.2, 0) is 0 Å². The standard InChI is InChI=1S/C11H12N2O2/c1-8(6-12)7-15-10-4-2-9(3-5-10)11(13)14/h2-5,8H,7H2,1H3,(H2,13,14). The highest BCUT2D eigenvalue weighted by Crippen LogP contribution is 2.12. The summed E-state index contributed by atoms with van der Waals surface area (Å²) in [5.74, 6) is 0.00913. The molecule has 15 heavy (non-hydrogen) atoms. The monoisotopic (exact) mass is 204 g/mol. The van der Waals surface area contributed by atoms with E-state index in [-0.39, 0.29) is 5.92 Å². The van der Waals surface area contributed by atoms with Crippen molar-refractivity contribution in [2.24, 2.45) is 11.7 Å². The van der Waals surface area contributed by atoms with Gasteiger partial charge in [0.1, 0.15) is 12.4 Å². The van der Waals surface area contributed by atoms with Crippen LogP contribution in [0, 0.1) is 17.2 Å². The largest absolute Gasteiger partial charge is 0.492 e. The second kappa shape index (κ2) is 5.01. The molecule has 1 amide bonds. The highest BCUT2D eigenvalue weighted by Gasteiger charge is 2.02. The number of hydrogen-bond acceptors (Lipinski definition) is 3. The van der Waals surface area contributed by atoms with E-state index in [0.717, 1.165) is 0 Å². The number of rotatable bonds is 4. The maximum Gasteiger partial charge on any atom is 0.248 e. The van der Waals surface area contributed by atoms with Crippen LogP contribution in [0.2, 0.25) is 0 Å². The van der Waals surface area contributed by atoms with Crippen molar-refractivity contribution >= 4 is 5.91 Å². The third kappa shape index (κ3) is 3.31. The van der Waals surface area contributed by atoms with E-state index in [1.54, 1.807) is 31.2 Å². The SMILES string of the molecule is CC(C#N)COc1ccc(C(N)=O)cc1. The van der Waals surface area contributed by atoms with Gasteiger partial charge in [0.05, 0.1) is 12.0 Å². The molecule has 0 saturated heterocycles. The minimum absolute atomic E-state index is 0.152. The average molecular weight is 204 g/mol. The van der Waals surface area contributed by atoms with Crippen LogP contribution < -0.4 is 10.5 Å². The number of nitrogens with two attached hydrogens (primary N) is 1. The molecule has 0 radical (unpaired) electrons. The van der Waals surface area contributed by atoms with Crippen molar-refractivity contribution in [2.45, 2.75) is 6.92 Å². The zero-order chi connectivity index (χ0) is 11.3. The third-order valence-corrected chi connectivity index (χ3v) is 1.86. The molecule has 0 aliphatic rings. The van der Waals surface area contributed by atoms with Crippen molar-refractivity contribution in [3.8, 4) is 11.8 Å². The minimum Gasteiger partial charge on any atom is -0.492 e. The van der Waals surface area contributed by atoms with E-state index in [1.807, 2.05) is 0 Å². The van der Waals surface area contributed by atoms with Crippen LogP contribution in [0.1, 0.15) is 17.3 Å². The average Bonchev–Trinajstić information content (AvgIpc) is 2.26. The lowest BCUT2D eigenvalue weighted by atomic mass is 10.2. The van der Waals surface area contributed by atoms with Crippen LogP contribution in [0.5, 0.6) is 5.75 Å². The zero-order valence-electron chi connectivity index (χ0n) is 8.43. The van der Waals surface area contributed by atoms with Gasteiger partial charge in [-0.05, 0) is 31.2 Å². The van der Waals surface area contributed by atoms with E-state index in [4.69, 9.17) is 15.7 Å². The molecule has 0 heterocycles. The number of nitriles is 1. The number of nitrogens with zero attached hydrogens (tertiary/aromatic N) is 1. The summed E-state index contributed by atoms with van der Waals surface area (Å²) in [6.45, 7) is 2.12. The Balaban J connectivity index is 2.58. The lowest BCUT2D eigenvalue weighted by Crippen LogP contribution is -2.11. The fraction of sp³-hybridized carbons (Fsp3) is 0.273. The van der Waals surface area contributed by atoms with E-state index >= 15 is 0 Å². The van der Waals surface area contributed by atoms with Crippen LogP contribution in [0.3, 0.4) is 0 Å². The molecule has 0 saturated carbocycles. The molecular weight excluding hydrogens is 192 g/mol. The van der Waals surface area contributed by atoms with Gasteiger partial charge in [0.25, 0.3) is 0 Å². The molecule has 1 aromatic rings. The summed E-state index contributed by atoms with van der Waals surface area (Å²) in [5.41, 5.74) is 5.53. The highest BCUT2D eigenvalue weighted by molar-refractivity contribution is 5.92. The molecule has 0 aliphatic heterocycles. The molecule has 0 aromatic heterocycles. The zero-order valence-corrected chi connectivity index (χ0v) is 8.43.